The van der Waals surface area contributed by atoms with Crippen LogP contribution < -0.4 is 5.32 Å². The van der Waals surface area contributed by atoms with Crippen LogP contribution in [0.15, 0.2) is 12.4 Å². The maximum absolute atomic E-state index is 4.44. The first-order chi connectivity index (χ1) is 7.76. The zero-order valence-corrected chi connectivity index (χ0v) is 10.6. The Balaban J connectivity index is 2.22. The Hall–Kier alpha value is -0.830. The van der Waals surface area contributed by atoms with Crippen LogP contribution in [0.4, 0.5) is 0 Å². The Bertz CT molecular complexity index is 332. The van der Waals surface area contributed by atoms with Gasteiger partial charge in [0.2, 0.25) is 0 Å². The van der Waals surface area contributed by atoms with Crippen molar-refractivity contribution in [3.8, 4) is 0 Å². The molecule has 0 amide bonds. The molecule has 0 aliphatic heterocycles. The molecule has 0 aromatic carbocycles. The molecule has 0 saturated heterocycles. The van der Waals surface area contributed by atoms with E-state index in [0.717, 1.165) is 12.3 Å². The topological polar surface area (TPSA) is 29.9 Å². The summed E-state index contributed by atoms with van der Waals surface area (Å²) in [6.45, 7) is 4.54. The van der Waals surface area contributed by atoms with Gasteiger partial charge in [-0.05, 0) is 32.2 Å². The van der Waals surface area contributed by atoms with Gasteiger partial charge in [0, 0.05) is 24.9 Å². The maximum Gasteiger partial charge on any atom is 0.108 e. The van der Waals surface area contributed by atoms with Crippen LogP contribution in [0.2, 0.25) is 0 Å². The monoisotopic (exact) mass is 221 g/mol. The number of hydrogen-bond acceptors (Lipinski definition) is 2. The van der Waals surface area contributed by atoms with Gasteiger partial charge in [0.15, 0.2) is 0 Å². The molecule has 3 heteroatoms. The first kappa shape index (κ1) is 11.6. The average Bonchev–Trinajstić information content (AvgIpc) is 2.76. The van der Waals surface area contributed by atoms with Crippen molar-refractivity contribution in [2.75, 3.05) is 7.05 Å². The Morgan fingerprint density at radius 3 is 3.00 bits per heavy atom. The van der Waals surface area contributed by atoms with E-state index < -0.39 is 0 Å². The summed E-state index contributed by atoms with van der Waals surface area (Å²) in [4.78, 5) is 4.44. The van der Waals surface area contributed by atoms with E-state index in [1.807, 2.05) is 6.20 Å². The minimum Gasteiger partial charge on any atom is -0.330 e. The highest BCUT2D eigenvalue weighted by atomic mass is 15.1. The predicted molar refractivity (Wildman–Crippen MR) is 66.5 cm³/mol. The highest BCUT2D eigenvalue weighted by Crippen LogP contribution is 2.33. The zero-order valence-electron chi connectivity index (χ0n) is 10.6. The van der Waals surface area contributed by atoms with E-state index in [-0.39, 0.29) is 0 Å². The minimum atomic E-state index is 0.589. The fraction of sp³-hybridized carbons (Fsp3) is 0.769. The molecule has 1 saturated carbocycles. The second-order valence-electron chi connectivity index (χ2n) is 4.99. The molecular weight excluding hydrogens is 198 g/mol. The number of hydrogen-bond donors (Lipinski definition) is 1. The third-order valence-electron chi connectivity index (χ3n) is 3.87. The Morgan fingerprint density at radius 2 is 2.31 bits per heavy atom. The van der Waals surface area contributed by atoms with Crippen LogP contribution in [0.1, 0.15) is 45.0 Å². The predicted octanol–water partition coefficient (Wildman–Crippen LogP) is 2.39. The Kier molecular flexibility index (Phi) is 3.64. The lowest BCUT2D eigenvalue weighted by Crippen LogP contribution is -2.40. The summed E-state index contributed by atoms with van der Waals surface area (Å²) in [6.07, 6.45) is 9.00. The van der Waals surface area contributed by atoms with Gasteiger partial charge < -0.3 is 9.88 Å². The normalized spacial score (nSPS) is 30.6. The first-order valence-electron chi connectivity index (χ1n) is 6.45. The van der Waals surface area contributed by atoms with Crippen LogP contribution in [0.5, 0.6) is 0 Å². The molecule has 3 atom stereocenters. The molecule has 16 heavy (non-hydrogen) atoms. The van der Waals surface area contributed by atoms with Crippen molar-refractivity contribution in [3.63, 3.8) is 0 Å². The number of imidazole rings is 1. The summed E-state index contributed by atoms with van der Waals surface area (Å²) in [5.41, 5.74) is 0. The number of rotatable bonds is 3. The molecule has 2 rings (SSSR count). The van der Waals surface area contributed by atoms with Crippen molar-refractivity contribution < 1.29 is 0 Å². The number of aromatic nitrogens is 2. The van der Waals surface area contributed by atoms with E-state index >= 15 is 0 Å². The minimum absolute atomic E-state index is 0.589. The van der Waals surface area contributed by atoms with Crippen LogP contribution >= 0.6 is 0 Å². The molecule has 3 nitrogen and oxygen atoms in total. The van der Waals surface area contributed by atoms with Gasteiger partial charge in [-0.3, -0.25) is 0 Å². The molecule has 0 spiro atoms. The quantitative estimate of drug-likeness (QED) is 0.849. The van der Waals surface area contributed by atoms with Crippen LogP contribution in [0, 0.1) is 5.92 Å². The van der Waals surface area contributed by atoms with Gasteiger partial charge in [-0.1, -0.05) is 13.8 Å². The van der Waals surface area contributed by atoms with Gasteiger partial charge in [-0.15, -0.1) is 0 Å². The second-order valence-corrected chi connectivity index (χ2v) is 4.99. The highest BCUT2D eigenvalue weighted by Gasteiger charge is 2.29. The first-order valence-corrected chi connectivity index (χ1v) is 6.45. The van der Waals surface area contributed by atoms with Crippen molar-refractivity contribution in [2.45, 2.75) is 51.6 Å². The maximum atomic E-state index is 4.44. The molecular formula is C13H23N3. The standard InChI is InChI=1S/C13H23N3/c1-4-13-15-7-8-16(13)12-9-10(2)5-6-11(12)14-3/h7-8,10-12,14H,4-6,9H2,1-3H3. The summed E-state index contributed by atoms with van der Waals surface area (Å²) >= 11 is 0. The molecule has 3 unspecified atom stereocenters. The van der Waals surface area contributed by atoms with Crippen molar-refractivity contribution in [2.24, 2.45) is 5.92 Å². The van der Waals surface area contributed by atoms with Crippen LogP contribution in [-0.4, -0.2) is 22.6 Å². The summed E-state index contributed by atoms with van der Waals surface area (Å²) in [5, 5.41) is 3.47. The molecule has 90 valence electrons. The van der Waals surface area contributed by atoms with E-state index in [1.54, 1.807) is 0 Å². The van der Waals surface area contributed by atoms with Gasteiger partial charge >= 0.3 is 0 Å². The van der Waals surface area contributed by atoms with Gasteiger partial charge in [0.25, 0.3) is 0 Å². The Morgan fingerprint density at radius 1 is 1.50 bits per heavy atom. The summed E-state index contributed by atoms with van der Waals surface area (Å²) in [7, 11) is 2.08. The number of nitrogens with one attached hydrogen (secondary N) is 1. The summed E-state index contributed by atoms with van der Waals surface area (Å²) in [6, 6.07) is 1.20. The van der Waals surface area contributed by atoms with Crippen molar-refractivity contribution in [3.05, 3.63) is 18.2 Å². The third kappa shape index (κ3) is 2.14. The van der Waals surface area contributed by atoms with Crippen LogP contribution in [0.25, 0.3) is 0 Å². The van der Waals surface area contributed by atoms with Gasteiger partial charge in [-0.2, -0.15) is 0 Å². The third-order valence-corrected chi connectivity index (χ3v) is 3.87. The van der Waals surface area contributed by atoms with E-state index in [1.165, 1.54) is 25.1 Å². The fourth-order valence-electron chi connectivity index (χ4n) is 2.91. The summed E-state index contributed by atoms with van der Waals surface area (Å²) < 4.78 is 2.39. The molecule has 1 heterocycles. The second kappa shape index (κ2) is 5.00. The van der Waals surface area contributed by atoms with E-state index in [9.17, 15) is 0 Å². The number of nitrogens with zero attached hydrogens (tertiary/aromatic N) is 2. The molecule has 1 aromatic rings. The zero-order chi connectivity index (χ0) is 11.5. The molecule has 0 radical (unpaired) electrons. The molecule has 1 aliphatic carbocycles. The molecule has 1 aromatic heterocycles. The lowest BCUT2D eigenvalue weighted by atomic mass is 9.83. The van der Waals surface area contributed by atoms with E-state index in [0.29, 0.717) is 12.1 Å². The van der Waals surface area contributed by atoms with Crippen LogP contribution in [-0.2, 0) is 6.42 Å². The molecule has 1 aliphatic rings. The Labute approximate surface area is 98.3 Å². The average molecular weight is 221 g/mol. The SMILES string of the molecule is CCc1nccn1C1CC(C)CCC1NC. The largest absolute Gasteiger partial charge is 0.330 e. The van der Waals surface area contributed by atoms with Gasteiger partial charge in [0.05, 0.1) is 6.04 Å². The highest BCUT2D eigenvalue weighted by molar-refractivity contribution is 4.99. The molecule has 1 fully saturated rings. The van der Waals surface area contributed by atoms with Gasteiger partial charge in [-0.25, -0.2) is 4.98 Å². The number of likely N-dealkylation sites (N-methyl/N-ethyl adjacent to an activating group) is 1. The van der Waals surface area contributed by atoms with Crippen molar-refractivity contribution >= 4 is 0 Å². The van der Waals surface area contributed by atoms with Crippen LogP contribution in [0.3, 0.4) is 0 Å². The summed E-state index contributed by atoms with van der Waals surface area (Å²) in [5.74, 6) is 2.06. The lowest BCUT2D eigenvalue weighted by Gasteiger charge is -2.36. The number of aryl methyl sites for hydroxylation is 1. The van der Waals surface area contributed by atoms with Crippen molar-refractivity contribution in [1.29, 1.82) is 0 Å². The smallest absolute Gasteiger partial charge is 0.108 e. The van der Waals surface area contributed by atoms with Crippen molar-refractivity contribution in [1.82, 2.24) is 14.9 Å². The lowest BCUT2D eigenvalue weighted by molar-refractivity contribution is 0.220. The fourth-order valence-corrected chi connectivity index (χ4v) is 2.91. The molecule has 0 bridgehead atoms. The van der Waals surface area contributed by atoms with E-state index in [2.05, 4.69) is 42.0 Å². The molecule has 1 N–H and O–H groups in total. The van der Waals surface area contributed by atoms with Gasteiger partial charge in [0.1, 0.15) is 5.82 Å². The van der Waals surface area contributed by atoms with E-state index in [4.69, 9.17) is 0 Å².